The molecule has 3 rings (SSSR count). The van der Waals surface area contributed by atoms with Crippen molar-refractivity contribution < 1.29 is 13.2 Å². The highest BCUT2D eigenvalue weighted by atomic mass is 32.2. The second kappa shape index (κ2) is 6.15. The fraction of sp³-hybridized carbons (Fsp3) is 0.588. The number of aryl methyl sites for hydroxylation is 1. The van der Waals surface area contributed by atoms with Crippen LogP contribution in [0.3, 0.4) is 0 Å². The molecule has 0 aliphatic heterocycles. The first kappa shape index (κ1) is 16.3. The third kappa shape index (κ3) is 3.52. The Kier molecular flexibility index (Phi) is 4.36. The highest BCUT2D eigenvalue weighted by molar-refractivity contribution is 7.90. The summed E-state index contributed by atoms with van der Waals surface area (Å²) >= 11 is 0. The molecule has 0 aromatic heterocycles. The SMILES string of the molecule is Cc1ccc(S(=O)(=O)NC(=O)N[C@@H](C)[C@@H]2C[C@@H]3CC[C@@H]2C3)cc1. The molecule has 4 atom stereocenters. The number of sulfonamides is 1. The second-order valence-electron chi connectivity index (χ2n) is 7.02. The molecule has 126 valence electrons. The van der Waals surface area contributed by atoms with Crippen LogP contribution in [0.4, 0.5) is 4.79 Å². The topological polar surface area (TPSA) is 75.3 Å². The Labute approximate surface area is 137 Å². The molecule has 1 aromatic carbocycles. The minimum absolute atomic E-state index is 0.00137. The maximum atomic E-state index is 12.2. The lowest BCUT2D eigenvalue weighted by atomic mass is 9.84. The molecule has 2 N–H and O–H groups in total. The first-order chi connectivity index (χ1) is 10.8. The molecule has 2 saturated carbocycles. The van der Waals surface area contributed by atoms with Crippen LogP contribution < -0.4 is 10.0 Å². The van der Waals surface area contributed by atoms with Crippen LogP contribution in [0.1, 0.15) is 38.2 Å². The van der Waals surface area contributed by atoms with E-state index in [9.17, 15) is 13.2 Å². The monoisotopic (exact) mass is 336 g/mol. The van der Waals surface area contributed by atoms with Gasteiger partial charge in [-0.2, -0.15) is 0 Å². The maximum Gasteiger partial charge on any atom is 0.328 e. The Morgan fingerprint density at radius 2 is 1.87 bits per heavy atom. The Bertz CT molecular complexity index is 684. The first-order valence-electron chi connectivity index (χ1n) is 8.25. The predicted molar refractivity (Wildman–Crippen MR) is 88.4 cm³/mol. The van der Waals surface area contributed by atoms with Gasteiger partial charge >= 0.3 is 6.03 Å². The van der Waals surface area contributed by atoms with Crippen molar-refractivity contribution in [2.24, 2.45) is 17.8 Å². The molecule has 2 aliphatic carbocycles. The number of hydrogen-bond donors (Lipinski definition) is 2. The van der Waals surface area contributed by atoms with Crippen molar-refractivity contribution in [3.63, 3.8) is 0 Å². The Hall–Kier alpha value is -1.56. The van der Waals surface area contributed by atoms with Gasteiger partial charge in [-0.05, 0) is 63.0 Å². The summed E-state index contributed by atoms with van der Waals surface area (Å²) in [6.45, 7) is 3.86. The van der Waals surface area contributed by atoms with Gasteiger partial charge in [-0.3, -0.25) is 0 Å². The van der Waals surface area contributed by atoms with Crippen molar-refractivity contribution in [3.05, 3.63) is 29.8 Å². The van der Waals surface area contributed by atoms with Crippen molar-refractivity contribution in [2.45, 2.75) is 50.5 Å². The smallest absolute Gasteiger partial charge is 0.328 e. The number of urea groups is 1. The molecule has 2 amide bonds. The minimum atomic E-state index is -3.82. The molecule has 1 aromatic rings. The zero-order chi connectivity index (χ0) is 16.6. The average molecular weight is 336 g/mol. The number of rotatable bonds is 4. The van der Waals surface area contributed by atoms with Crippen LogP contribution in [0.2, 0.25) is 0 Å². The van der Waals surface area contributed by atoms with Gasteiger partial charge in [0.15, 0.2) is 0 Å². The third-order valence-corrected chi connectivity index (χ3v) is 6.70. The fourth-order valence-corrected chi connectivity index (χ4v) is 5.06. The first-order valence-corrected chi connectivity index (χ1v) is 9.73. The molecule has 6 heteroatoms. The summed E-state index contributed by atoms with van der Waals surface area (Å²) in [4.78, 5) is 12.2. The maximum absolute atomic E-state index is 12.2. The molecular formula is C17H24N2O3S. The van der Waals surface area contributed by atoms with Crippen LogP contribution in [-0.2, 0) is 10.0 Å². The molecule has 0 heterocycles. The van der Waals surface area contributed by atoms with E-state index in [0.29, 0.717) is 11.8 Å². The van der Waals surface area contributed by atoms with Gasteiger partial charge in [-0.1, -0.05) is 24.1 Å². The van der Waals surface area contributed by atoms with Crippen molar-refractivity contribution >= 4 is 16.1 Å². The number of carbonyl (C=O) groups excluding carboxylic acids is 1. The molecule has 2 bridgehead atoms. The Morgan fingerprint density at radius 1 is 1.17 bits per heavy atom. The number of benzene rings is 1. The van der Waals surface area contributed by atoms with Crippen LogP contribution in [0.15, 0.2) is 29.2 Å². The molecular weight excluding hydrogens is 312 g/mol. The van der Waals surface area contributed by atoms with E-state index in [1.165, 1.54) is 31.4 Å². The Morgan fingerprint density at radius 3 is 2.43 bits per heavy atom. The van der Waals surface area contributed by atoms with Gasteiger partial charge in [0.25, 0.3) is 10.0 Å². The summed E-state index contributed by atoms with van der Waals surface area (Å²) < 4.78 is 26.5. The molecule has 0 unspecified atom stereocenters. The summed E-state index contributed by atoms with van der Waals surface area (Å²) in [5.74, 6) is 1.96. The fourth-order valence-electron chi connectivity index (χ4n) is 4.15. The van der Waals surface area contributed by atoms with Gasteiger partial charge in [0.2, 0.25) is 0 Å². The average Bonchev–Trinajstić information content (AvgIpc) is 3.09. The van der Waals surface area contributed by atoms with Crippen LogP contribution >= 0.6 is 0 Å². The number of fused-ring (bicyclic) bond motifs is 2. The van der Waals surface area contributed by atoms with Crippen molar-refractivity contribution in [1.29, 1.82) is 0 Å². The third-order valence-electron chi connectivity index (χ3n) is 5.35. The minimum Gasteiger partial charge on any atom is -0.335 e. The normalized spacial score (nSPS) is 27.7. The van der Waals surface area contributed by atoms with Gasteiger partial charge in [0.1, 0.15) is 0 Å². The van der Waals surface area contributed by atoms with E-state index >= 15 is 0 Å². The molecule has 0 saturated heterocycles. The zero-order valence-electron chi connectivity index (χ0n) is 13.6. The molecule has 5 nitrogen and oxygen atoms in total. The summed E-state index contributed by atoms with van der Waals surface area (Å²) in [5.41, 5.74) is 0.971. The quantitative estimate of drug-likeness (QED) is 0.888. The second-order valence-corrected chi connectivity index (χ2v) is 8.70. The lowest BCUT2D eigenvalue weighted by Gasteiger charge is -2.28. The lowest BCUT2D eigenvalue weighted by Crippen LogP contribution is -2.46. The van der Waals surface area contributed by atoms with E-state index in [0.717, 1.165) is 17.9 Å². The van der Waals surface area contributed by atoms with E-state index in [2.05, 4.69) is 10.0 Å². The van der Waals surface area contributed by atoms with E-state index in [4.69, 9.17) is 0 Å². The van der Waals surface area contributed by atoms with E-state index in [-0.39, 0.29) is 10.9 Å². The van der Waals surface area contributed by atoms with Gasteiger partial charge in [0.05, 0.1) is 4.90 Å². The molecule has 0 radical (unpaired) electrons. The molecule has 0 spiro atoms. The highest BCUT2D eigenvalue weighted by Gasteiger charge is 2.42. The van der Waals surface area contributed by atoms with Crippen LogP contribution in [0, 0.1) is 24.7 Å². The van der Waals surface area contributed by atoms with Gasteiger partial charge in [-0.15, -0.1) is 0 Å². The number of amides is 2. The summed E-state index contributed by atoms with van der Waals surface area (Å²) in [6.07, 6.45) is 4.96. The Balaban J connectivity index is 1.59. The molecule has 2 fully saturated rings. The highest BCUT2D eigenvalue weighted by Crippen LogP contribution is 2.49. The zero-order valence-corrected chi connectivity index (χ0v) is 14.4. The van der Waals surface area contributed by atoms with Crippen LogP contribution in [-0.4, -0.2) is 20.5 Å². The standard InChI is InChI=1S/C17H24N2O3S/c1-11-3-7-15(8-4-11)23(21,22)19-17(20)18-12(2)16-10-13-5-6-14(16)9-13/h3-4,7-8,12-14,16H,5-6,9-10H2,1-2H3,(H2,18,19,20)/t12-,13+,14+,16-/m0/s1. The van der Waals surface area contributed by atoms with Crippen LogP contribution in [0.25, 0.3) is 0 Å². The summed E-state index contributed by atoms with van der Waals surface area (Å²) in [6, 6.07) is 5.79. The van der Waals surface area contributed by atoms with E-state index in [1.54, 1.807) is 12.1 Å². The molecule has 23 heavy (non-hydrogen) atoms. The molecule has 2 aliphatic rings. The summed E-state index contributed by atoms with van der Waals surface area (Å²) in [7, 11) is -3.82. The van der Waals surface area contributed by atoms with Gasteiger partial charge in [0, 0.05) is 6.04 Å². The number of hydrogen-bond acceptors (Lipinski definition) is 3. The van der Waals surface area contributed by atoms with Crippen molar-refractivity contribution in [3.8, 4) is 0 Å². The van der Waals surface area contributed by atoms with Gasteiger partial charge < -0.3 is 5.32 Å². The largest absolute Gasteiger partial charge is 0.335 e. The van der Waals surface area contributed by atoms with Crippen LogP contribution in [0.5, 0.6) is 0 Å². The summed E-state index contributed by atoms with van der Waals surface area (Å²) in [5, 5.41) is 2.81. The van der Waals surface area contributed by atoms with Crippen molar-refractivity contribution in [2.75, 3.05) is 0 Å². The van der Waals surface area contributed by atoms with E-state index < -0.39 is 16.1 Å². The predicted octanol–water partition coefficient (Wildman–Crippen LogP) is 2.81. The lowest BCUT2D eigenvalue weighted by molar-refractivity contribution is 0.224. The van der Waals surface area contributed by atoms with E-state index in [1.807, 2.05) is 13.8 Å². The van der Waals surface area contributed by atoms with Crippen molar-refractivity contribution in [1.82, 2.24) is 10.0 Å². The number of carbonyl (C=O) groups is 1. The number of nitrogens with one attached hydrogen (secondary N) is 2. The van der Waals surface area contributed by atoms with Gasteiger partial charge in [-0.25, -0.2) is 17.9 Å².